The number of nitriles is 1. The maximum atomic E-state index is 15.4. The van der Waals surface area contributed by atoms with Crippen LogP contribution in [0.3, 0.4) is 0 Å². The van der Waals surface area contributed by atoms with E-state index in [1.165, 1.54) is 13.1 Å². The molecule has 1 fully saturated rings. The normalized spacial score (nSPS) is 21.6. The van der Waals surface area contributed by atoms with E-state index in [4.69, 9.17) is 5.73 Å². The number of carbonyl (C=O) groups is 1. The Morgan fingerprint density at radius 2 is 2.13 bits per heavy atom. The third-order valence-electron chi connectivity index (χ3n) is 7.48. The topological polar surface area (TPSA) is 131 Å². The lowest BCUT2D eigenvalue weighted by atomic mass is 9.75. The van der Waals surface area contributed by atoms with Gasteiger partial charge in [0.15, 0.2) is 5.82 Å². The Bertz CT molecular complexity index is 1190. The molecular weight excluding hydrogens is 485 g/mol. The molecule has 38 heavy (non-hydrogen) atoms. The van der Waals surface area contributed by atoms with Gasteiger partial charge in [-0.15, -0.1) is 0 Å². The second kappa shape index (κ2) is 11.6. The molecule has 10 heteroatoms. The number of nitrogens with two attached hydrogens (primary N) is 1. The van der Waals surface area contributed by atoms with E-state index in [0.717, 1.165) is 5.56 Å². The second-order valence-electron chi connectivity index (χ2n) is 11.1. The van der Waals surface area contributed by atoms with Crippen LogP contribution in [0.15, 0.2) is 24.4 Å². The molecular formula is C28H40FN7O2. The monoisotopic (exact) mass is 525 g/mol. The number of benzene rings is 1. The molecule has 0 spiro atoms. The molecule has 0 aliphatic carbocycles. The molecule has 0 saturated carbocycles. The number of nitrogens with one attached hydrogen (secondary N) is 1. The number of aliphatic hydroxyl groups is 1. The summed E-state index contributed by atoms with van der Waals surface area (Å²) < 4.78 is 15.4. The molecule has 0 radical (unpaired) electrons. The summed E-state index contributed by atoms with van der Waals surface area (Å²) in [5.41, 5.74) is 6.02. The van der Waals surface area contributed by atoms with Gasteiger partial charge in [0.2, 0.25) is 11.9 Å². The van der Waals surface area contributed by atoms with Crippen LogP contribution in [0.25, 0.3) is 0 Å². The lowest BCUT2D eigenvalue weighted by Gasteiger charge is -2.45. The van der Waals surface area contributed by atoms with Crippen LogP contribution in [-0.4, -0.2) is 58.4 Å². The molecule has 2 aromatic rings. The number of aryl methyl sites for hydroxylation is 1. The first-order valence-electron chi connectivity index (χ1n) is 13.1. The van der Waals surface area contributed by atoms with Gasteiger partial charge in [-0.1, -0.05) is 13.0 Å². The van der Waals surface area contributed by atoms with Gasteiger partial charge in [-0.2, -0.15) is 10.2 Å². The van der Waals surface area contributed by atoms with Crippen molar-refractivity contribution in [2.75, 3.05) is 41.3 Å². The summed E-state index contributed by atoms with van der Waals surface area (Å²) in [6.07, 6.45) is 2.44. The number of aromatic nitrogens is 2. The van der Waals surface area contributed by atoms with E-state index in [0.29, 0.717) is 62.2 Å². The Balaban J connectivity index is 1.91. The average Bonchev–Trinajstić information content (AvgIpc) is 2.83. The predicted molar refractivity (Wildman–Crippen MR) is 148 cm³/mol. The maximum Gasteiger partial charge on any atom is 0.227 e. The molecule has 1 aromatic heterocycles. The van der Waals surface area contributed by atoms with Gasteiger partial charge in [0.1, 0.15) is 17.3 Å². The van der Waals surface area contributed by atoms with Gasteiger partial charge < -0.3 is 26.0 Å². The van der Waals surface area contributed by atoms with E-state index in [9.17, 15) is 15.2 Å². The first kappa shape index (κ1) is 29.3. The van der Waals surface area contributed by atoms with Crippen molar-refractivity contribution in [3.05, 3.63) is 35.5 Å². The lowest BCUT2D eigenvalue weighted by Crippen LogP contribution is -2.54. The van der Waals surface area contributed by atoms with Crippen LogP contribution in [0.2, 0.25) is 0 Å². The van der Waals surface area contributed by atoms with Crippen LogP contribution in [0.1, 0.15) is 58.6 Å². The van der Waals surface area contributed by atoms with Gasteiger partial charge in [-0.3, -0.25) is 4.79 Å². The standard InChI is InChI=1S/C28H40FN7O2/c1-18-7-8-23(13-24(18)36(20(3)37)12-10-27(4,5)38)33-25-21(14-31)15-32-26(34-25)35-16-19(2)28(6,29)22(17-35)9-11-30/h7-8,13,15,19,22,38H,9-12,16-17,30H2,1-6H3,(H,32,33,34). The van der Waals surface area contributed by atoms with Crippen molar-refractivity contribution < 1.29 is 14.3 Å². The first-order valence-corrected chi connectivity index (χ1v) is 13.1. The second-order valence-corrected chi connectivity index (χ2v) is 11.1. The molecule has 9 nitrogen and oxygen atoms in total. The minimum atomic E-state index is -1.34. The number of rotatable bonds is 9. The van der Waals surface area contributed by atoms with Crippen molar-refractivity contribution in [2.24, 2.45) is 17.6 Å². The molecule has 1 aliphatic heterocycles. The molecule has 3 atom stereocenters. The molecule has 1 amide bonds. The fourth-order valence-electron chi connectivity index (χ4n) is 4.82. The van der Waals surface area contributed by atoms with E-state index >= 15 is 4.39 Å². The third-order valence-corrected chi connectivity index (χ3v) is 7.48. The van der Waals surface area contributed by atoms with E-state index in [1.54, 1.807) is 25.7 Å². The zero-order valence-electron chi connectivity index (χ0n) is 23.3. The Hall–Kier alpha value is -3.29. The van der Waals surface area contributed by atoms with E-state index in [1.807, 2.05) is 36.9 Å². The summed E-state index contributed by atoms with van der Waals surface area (Å²) in [7, 11) is 0. The van der Waals surface area contributed by atoms with Gasteiger partial charge in [0.05, 0.1) is 11.8 Å². The van der Waals surface area contributed by atoms with Crippen molar-refractivity contribution >= 4 is 29.0 Å². The molecule has 1 saturated heterocycles. The Labute approximate surface area is 224 Å². The largest absolute Gasteiger partial charge is 0.390 e. The smallest absolute Gasteiger partial charge is 0.227 e. The highest BCUT2D eigenvalue weighted by Crippen LogP contribution is 2.39. The number of nitrogens with zero attached hydrogens (tertiary/aromatic N) is 5. The SMILES string of the molecule is CC(=O)N(CCC(C)(C)O)c1cc(Nc2nc(N3CC(C)C(C)(F)C(CCN)C3)ncc2C#N)ccc1C. The quantitative estimate of drug-likeness (QED) is 0.447. The van der Waals surface area contributed by atoms with Crippen LogP contribution in [0.5, 0.6) is 0 Å². The number of anilines is 4. The Morgan fingerprint density at radius 1 is 1.42 bits per heavy atom. The summed E-state index contributed by atoms with van der Waals surface area (Å²) in [6, 6.07) is 7.70. The molecule has 2 heterocycles. The van der Waals surface area contributed by atoms with Gasteiger partial charge in [0.25, 0.3) is 0 Å². The summed E-state index contributed by atoms with van der Waals surface area (Å²) in [5, 5.41) is 23.1. The zero-order valence-corrected chi connectivity index (χ0v) is 23.3. The average molecular weight is 526 g/mol. The molecule has 4 N–H and O–H groups in total. The maximum absolute atomic E-state index is 15.4. The molecule has 206 valence electrons. The fourth-order valence-corrected chi connectivity index (χ4v) is 4.82. The number of amides is 1. The van der Waals surface area contributed by atoms with Crippen LogP contribution in [-0.2, 0) is 4.79 Å². The molecule has 1 aromatic carbocycles. The predicted octanol–water partition coefficient (Wildman–Crippen LogP) is 4.06. The van der Waals surface area contributed by atoms with Crippen LogP contribution in [0, 0.1) is 30.1 Å². The minimum absolute atomic E-state index is 0.136. The summed E-state index contributed by atoms with van der Waals surface area (Å²) in [4.78, 5) is 25.1. The number of carbonyl (C=O) groups excluding carboxylic acids is 1. The van der Waals surface area contributed by atoms with Crippen LogP contribution in [0.4, 0.5) is 27.5 Å². The van der Waals surface area contributed by atoms with Gasteiger partial charge in [0, 0.05) is 49.8 Å². The van der Waals surface area contributed by atoms with E-state index in [-0.39, 0.29) is 23.3 Å². The van der Waals surface area contributed by atoms with E-state index in [2.05, 4.69) is 21.4 Å². The van der Waals surface area contributed by atoms with Crippen molar-refractivity contribution in [2.45, 2.75) is 65.7 Å². The third kappa shape index (κ3) is 6.77. The van der Waals surface area contributed by atoms with Crippen LogP contribution >= 0.6 is 0 Å². The van der Waals surface area contributed by atoms with Crippen molar-refractivity contribution in [1.82, 2.24) is 9.97 Å². The zero-order chi connectivity index (χ0) is 28.3. The highest BCUT2D eigenvalue weighted by atomic mass is 19.1. The lowest BCUT2D eigenvalue weighted by molar-refractivity contribution is -0.116. The Kier molecular flexibility index (Phi) is 8.95. The van der Waals surface area contributed by atoms with Gasteiger partial charge in [-0.25, -0.2) is 9.37 Å². The van der Waals surface area contributed by atoms with Crippen molar-refractivity contribution in [3.63, 3.8) is 0 Å². The molecule has 3 rings (SSSR count). The summed E-state index contributed by atoms with van der Waals surface area (Å²) in [6.45, 7) is 12.0. The number of hydrogen-bond acceptors (Lipinski definition) is 8. The summed E-state index contributed by atoms with van der Waals surface area (Å²) >= 11 is 0. The van der Waals surface area contributed by atoms with Crippen molar-refractivity contribution in [3.8, 4) is 6.07 Å². The highest BCUT2D eigenvalue weighted by molar-refractivity contribution is 5.93. The van der Waals surface area contributed by atoms with Crippen molar-refractivity contribution in [1.29, 1.82) is 5.26 Å². The summed E-state index contributed by atoms with van der Waals surface area (Å²) in [5.74, 6) is 0.105. The number of hydrogen-bond donors (Lipinski definition) is 3. The number of halogens is 1. The van der Waals surface area contributed by atoms with Gasteiger partial charge >= 0.3 is 0 Å². The van der Waals surface area contributed by atoms with Gasteiger partial charge in [-0.05, 0) is 64.8 Å². The van der Waals surface area contributed by atoms with Crippen LogP contribution < -0.4 is 20.9 Å². The molecule has 1 aliphatic rings. The first-order chi connectivity index (χ1) is 17.8. The minimum Gasteiger partial charge on any atom is -0.390 e. The Morgan fingerprint density at radius 3 is 2.74 bits per heavy atom. The van der Waals surface area contributed by atoms with E-state index < -0.39 is 11.3 Å². The number of alkyl halides is 1. The molecule has 3 unspecified atom stereocenters. The fraction of sp³-hybridized carbons (Fsp3) is 0.571. The number of piperidine rings is 1. The molecule has 0 bridgehead atoms. The highest BCUT2D eigenvalue weighted by Gasteiger charge is 2.45.